The van der Waals surface area contributed by atoms with Crippen molar-refractivity contribution in [3.05, 3.63) is 74.7 Å². The molecule has 2 aromatic carbocycles. The topological polar surface area (TPSA) is 51.2 Å². The van der Waals surface area contributed by atoms with E-state index in [1.165, 1.54) is 11.3 Å². The van der Waals surface area contributed by atoms with Gasteiger partial charge in [-0.3, -0.25) is 10.1 Å². The highest BCUT2D eigenvalue weighted by molar-refractivity contribution is 7.15. The number of hydrogen-bond acceptors (Lipinski definition) is 4. The number of aromatic nitrogens is 1. The molecule has 0 spiro atoms. The second-order valence-electron chi connectivity index (χ2n) is 5.86. The van der Waals surface area contributed by atoms with Crippen molar-refractivity contribution < 1.29 is 9.53 Å². The lowest BCUT2D eigenvalue weighted by Crippen LogP contribution is -2.13. The van der Waals surface area contributed by atoms with Gasteiger partial charge in [0.25, 0.3) is 5.91 Å². The average Bonchev–Trinajstić information content (AvgIpc) is 3.10. The van der Waals surface area contributed by atoms with Crippen molar-refractivity contribution in [2.24, 2.45) is 0 Å². The van der Waals surface area contributed by atoms with E-state index in [-0.39, 0.29) is 5.91 Å². The maximum Gasteiger partial charge on any atom is 0.261 e. The molecule has 0 aliphatic rings. The van der Waals surface area contributed by atoms with Crippen LogP contribution < -0.4 is 10.1 Å². The fourth-order valence-corrected chi connectivity index (χ4v) is 3.62. The molecule has 27 heavy (non-hydrogen) atoms. The van der Waals surface area contributed by atoms with Crippen molar-refractivity contribution in [1.82, 2.24) is 4.98 Å². The predicted octanol–water partition coefficient (Wildman–Crippen LogP) is 6.08. The van der Waals surface area contributed by atoms with Crippen LogP contribution in [0.5, 0.6) is 5.75 Å². The Bertz CT molecular complexity index is 943. The van der Waals surface area contributed by atoms with Crippen molar-refractivity contribution in [2.45, 2.75) is 19.8 Å². The van der Waals surface area contributed by atoms with Gasteiger partial charge in [0.1, 0.15) is 5.75 Å². The van der Waals surface area contributed by atoms with Crippen LogP contribution in [0.15, 0.2) is 48.7 Å². The van der Waals surface area contributed by atoms with Gasteiger partial charge in [-0.1, -0.05) is 48.3 Å². The summed E-state index contributed by atoms with van der Waals surface area (Å²) in [6.07, 6.45) is 3.30. The van der Waals surface area contributed by atoms with Crippen LogP contribution in [0.3, 0.4) is 0 Å². The summed E-state index contributed by atoms with van der Waals surface area (Å²) in [6, 6.07) is 12.7. The molecule has 3 rings (SSSR count). The molecule has 0 bridgehead atoms. The molecule has 0 unspecified atom stereocenters. The van der Waals surface area contributed by atoms with E-state index in [2.05, 4.69) is 10.3 Å². The number of hydrogen-bond donors (Lipinski definition) is 1. The lowest BCUT2D eigenvalue weighted by Gasteiger charge is -2.09. The number of carbonyl (C=O) groups excluding carboxylic acids is 1. The van der Waals surface area contributed by atoms with Crippen molar-refractivity contribution in [2.75, 3.05) is 11.9 Å². The van der Waals surface area contributed by atoms with Gasteiger partial charge >= 0.3 is 0 Å². The Balaban J connectivity index is 1.68. The van der Waals surface area contributed by atoms with Gasteiger partial charge in [-0.15, -0.1) is 11.3 Å². The first-order chi connectivity index (χ1) is 13.1. The Morgan fingerprint density at radius 2 is 2.00 bits per heavy atom. The Hall–Kier alpha value is -2.08. The zero-order valence-electron chi connectivity index (χ0n) is 14.7. The Kier molecular flexibility index (Phi) is 6.72. The summed E-state index contributed by atoms with van der Waals surface area (Å²) < 4.78 is 5.65. The second kappa shape index (κ2) is 9.22. The van der Waals surface area contributed by atoms with Gasteiger partial charge < -0.3 is 4.74 Å². The monoisotopic (exact) mass is 420 g/mol. The summed E-state index contributed by atoms with van der Waals surface area (Å²) in [7, 11) is 0. The van der Waals surface area contributed by atoms with Crippen LogP contribution in [0, 0.1) is 0 Å². The van der Waals surface area contributed by atoms with Crippen molar-refractivity contribution >= 4 is 45.6 Å². The third-order valence-corrected chi connectivity index (χ3v) is 5.38. The van der Waals surface area contributed by atoms with E-state index < -0.39 is 0 Å². The number of anilines is 1. The van der Waals surface area contributed by atoms with Crippen LogP contribution in [0.25, 0.3) is 0 Å². The Morgan fingerprint density at radius 1 is 1.19 bits per heavy atom. The molecule has 0 saturated heterocycles. The largest absolute Gasteiger partial charge is 0.493 e. The molecule has 1 aromatic heterocycles. The fraction of sp³-hybridized carbons (Fsp3) is 0.200. The van der Waals surface area contributed by atoms with E-state index in [9.17, 15) is 4.79 Å². The molecule has 0 aliphatic carbocycles. The zero-order chi connectivity index (χ0) is 19.2. The summed E-state index contributed by atoms with van der Waals surface area (Å²) in [5.41, 5.74) is 1.52. The minimum Gasteiger partial charge on any atom is -0.493 e. The molecular weight excluding hydrogens is 403 g/mol. The lowest BCUT2D eigenvalue weighted by molar-refractivity contribution is 0.102. The van der Waals surface area contributed by atoms with E-state index >= 15 is 0 Å². The van der Waals surface area contributed by atoms with Crippen molar-refractivity contribution in [1.29, 1.82) is 0 Å². The number of carbonyl (C=O) groups is 1. The van der Waals surface area contributed by atoms with E-state index in [1.807, 2.05) is 31.2 Å². The van der Waals surface area contributed by atoms with Gasteiger partial charge in [0.2, 0.25) is 0 Å². The number of nitrogens with one attached hydrogen (secondary N) is 1. The highest BCUT2D eigenvalue weighted by Gasteiger charge is 2.14. The minimum atomic E-state index is -0.239. The first kappa shape index (κ1) is 19.7. The molecule has 1 N–H and O–H groups in total. The maximum absolute atomic E-state index is 12.6. The lowest BCUT2D eigenvalue weighted by atomic mass is 10.1. The van der Waals surface area contributed by atoms with Gasteiger partial charge in [-0.05, 0) is 36.2 Å². The van der Waals surface area contributed by atoms with Crippen LogP contribution in [0.2, 0.25) is 10.0 Å². The van der Waals surface area contributed by atoms with Gasteiger partial charge in [-0.25, -0.2) is 4.98 Å². The SMILES string of the molecule is CCCOc1ccccc1C(=O)Nc1ncc(Cc2ccc(Cl)c(Cl)c2)s1. The smallest absolute Gasteiger partial charge is 0.261 e. The number of ether oxygens (including phenoxy) is 1. The molecule has 3 aromatic rings. The maximum atomic E-state index is 12.6. The van der Waals surface area contributed by atoms with Crippen molar-refractivity contribution in [3.8, 4) is 5.75 Å². The molecule has 0 fully saturated rings. The van der Waals surface area contributed by atoms with Gasteiger partial charge in [0.05, 0.1) is 22.2 Å². The number of thiazole rings is 1. The molecule has 1 amide bonds. The standard InChI is InChI=1S/C20H18Cl2N2O2S/c1-2-9-26-18-6-4-3-5-15(18)19(25)24-20-23-12-14(27-20)10-13-7-8-16(21)17(22)11-13/h3-8,11-12H,2,9-10H2,1H3,(H,23,24,25). The highest BCUT2D eigenvalue weighted by atomic mass is 35.5. The molecule has 7 heteroatoms. The van der Waals surface area contributed by atoms with Crippen LogP contribution in [0.4, 0.5) is 5.13 Å². The third-order valence-electron chi connectivity index (χ3n) is 3.73. The number of nitrogens with zero attached hydrogens (tertiary/aromatic N) is 1. The van der Waals surface area contributed by atoms with Gasteiger partial charge in [-0.2, -0.15) is 0 Å². The fourth-order valence-electron chi connectivity index (χ4n) is 2.45. The summed E-state index contributed by atoms with van der Waals surface area (Å²) in [5.74, 6) is 0.335. The van der Waals surface area contributed by atoms with Gasteiger partial charge in [0, 0.05) is 17.5 Å². The first-order valence-corrected chi connectivity index (χ1v) is 10.1. The normalized spacial score (nSPS) is 10.6. The average molecular weight is 421 g/mol. The van der Waals surface area contributed by atoms with E-state index in [0.29, 0.717) is 39.5 Å². The number of benzene rings is 2. The Morgan fingerprint density at radius 3 is 2.78 bits per heavy atom. The number of amides is 1. The quantitative estimate of drug-likeness (QED) is 0.503. The molecule has 1 heterocycles. The number of rotatable bonds is 7. The van der Waals surface area contributed by atoms with Crippen LogP contribution in [0.1, 0.15) is 34.1 Å². The van der Waals surface area contributed by atoms with Gasteiger partial charge in [0.15, 0.2) is 5.13 Å². The number of halogens is 2. The summed E-state index contributed by atoms with van der Waals surface area (Å²) in [5, 5.41) is 4.44. The second-order valence-corrected chi connectivity index (χ2v) is 7.79. The molecule has 0 aliphatic heterocycles. The van der Waals surface area contributed by atoms with Crippen molar-refractivity contribution in [3.63, 3.8) is 0 Å². The summed E-state index contributed by atoms with van der Waals surface area (Å²) in [4.78, 5) is 17.9. The molecule has 0 saturated carbocycles. The van der Waals surface area contributed by atoms with E-state index in [0.717, 1.165) is 16.9 Å². The third kappa shape index (κ3) is 5.22. The molecule has 0 atom stereocenters. The summed E-state index contributed by atoms with van der Waals surface area (Å²) >= 11 is 13.4. The Labute approximate surface area is 172 Å². The minimum absolute atomic E-state index is 0.239. The van der Waals surface area contributed by atoms with E-state index in [1.54, 1.807) is 24.4 Å². The highest BCUT2D eigenvalue weighted by Crippen LogP contribution is 2.27. The molecule has 140 valence electrons. The molecule has 0 radical (unpaired) electrons. The first-order valence-electron chi connectivity index (χ1n) is 8.48. The molecule has 4 nitrogen and oxygen atoms in total. The predicted molar refractivity (Wildman–Crippen MR) is 112 cm³/mol. The van der Waals surface area contributed by atoms with Crippen LogP contribution >= 0.6 is 34.5 Å². The van der Waals surface area contributed by atoms with Crippen LogP contribution in [-0.4, -0.2) is 17.5 Å². The summed E-state index contributed by atoms with van der Waals surface area (Å²) in [6.45, 7) is 2.59. The number of para-hydroxylation sites is 1. The molecular formula is C20H18Cl2N2O2S. The van der Waals surface area contributed by atoms with Crippen LogP contribution in [-0.2, 0) is 6.42 Å². The van der Waals surface area contributed by atoms with E-state index in [4.69, 9.17) is 27.9 Å². The zero-order valence-corrected chi connectivity index (χ0v) is 17.0.